The van der Waals surface area contributed by atoms with Crippen LogP contribution in [0.4, 0.5) is 0 Å². The third-order valence-corrected chi connectivity index (χ3v) is 5.31. The average molecular weight is 345 g/mol. The summed E-state index contributed by atoms with van der Waals surface area (Å²) in [5.74, 6) is 1.40. The van der Waals surface area contributed by atoms with Gasteiger partial charge in [0.05, 0.1) is 6.10 Å². The van der Waals surface area contributed by atoms with Crippen molar-refractivity contribution in [1.29, 1.82) is 0 Å². The molecule has 0 N–H and O–H groups in total. The number of ether oxygens (including phenoxy) is 2. The Morgan fingerprint density at radius 1 is 1.08 bits per heavy atom. The Morgan fingerprint density at radius 2 is 1.68 bits per heavy atom. The Morgan fingerprint density at radius 3 is 2.20 bits per heavy atom. The summed E-state index contributed by atoms with van der Waals surface area (Å²) in [6.45, 7) is 14.9. The number of benzene rings is 1. The second-order valence-corrected chi connectivity index (χ2v) is 8.48. The van der Waals surface area contributed by atoms with Gasteiger partial charge in [-0.2, -0.15) is 0 Å². The summed E-state index contributed by atoms with van der Waals surface area (Å²) in [5, 5.41) is 0. The molecular weight excluding hydrogens is 308 g/mol. The van der Waals surface area contributed by atoms with Crippen LogP contribution in [0, 0.1) is 5.41 Å². The van der Waals surface area contributed by atoms with E-state index in [1.54, 1.807) is 0 Å². The standard InChI is InChI=1S/C23H36O2/c1-17(2)16-19(5)20-10-12-21(13-11-20)25-22(24-18(3)4)23(6)14-8-7-9-15-23/h10-13,18-19,22H,1,7-9,14-16H2,2-6H3. The molecule has 0 heterocycles. The predicted octanol–water partition coefficient (Wildman–Crippen LogP) is 6.86. The van der Waals surface area contributed by atoms with E-state index in [4.69, 9.17) is 9.47 Å². The van der Waals surface area contributed by atoms with Crippen LogP contribution >= 0.6 is 0 Å². The zero-order valence-corrected chi connectivity index (χ0v) is 16.8. The van der Waals surface area contributed by atoms with Gasteiger partial charge in [0, 0.05) is 5.41 Å². The summed E-state index contributed by atoms with van der Waals surface area (Å²) < 4.78 is 12.5. The number of hydrogen-bond donors (Lipinski definition) is 0. The van der Waals surface area contributed by atoms with Crippen LogP contribution in [0.2, 0.25) is 0 Å². The van der Waals surface area contributed by atoms with E-state index >= 15 is 0 Å². The highest BCUT2D eigenvalue weighted by atomic mass is 16.7. The van der Waals surface area contributed by atoms with Gasteiger partial charge in [-0.3, -0.25) is 0 Å². The third kappa shape index (κ3) is 5.88. The lowest BCUT2D eigenvalue weighted by Gasteiger charge is -2.40. The highest BCUT2D eigenvalue weighted by Crippen LogP contribution is 2.41. The van der Waals surface area contributed by atoms with Crippen LogP contribution in [-0.2, 0) is 4.74 Å². The Kier molecular flexibility index (Phi) is 7.13. The van der Waals surface area contributed by atoms with E-state index in [2.05, 4.69) is 65.5 Å². The molecule has 1 aromatic rings. The van der Waals surface area contributed by atoms with Crippen molar-refractivity contribution < 1.29 is 9.47 Å². The van der Waals surface area contributed by atoms with Gasteiger partial charge in [0.1, 0.15) is 5.75 Å². The Hall–Kier alpha value is -1.28. The average Bonchev–Trinajstić information content (AvgIpc) is 2.54. The number of rotatable bonds is 8. The van der Waals surface area contributed by atoms with Crippen molar-refractivity contribution in [3.63, 3.8) is 0 Å². The van der Waals surface area contributed by atoms with Crippen molar-refractivity contribution in [3.05, 3.63) is 42.0 Å². The molecule has 2 atom stereocenters. The second-order valence-electron chi connectivity index (χ2n) is 8.48. The van der Waals surface area contributed by atoms with Crippen molar-refractivity contribution in [2.75, 3.05) is 0 Å². The van der Waals surface area contributed by atoms with E-state index in [-0.39, 0.29) is 17.8 Å². The van der Waals surface area contributed by atoms with Gasteiger partial charge in [-0.15, -0.1) is 6.58 Å². The van der Waals surface area contributed by atoms with Crippen LogP contribution < -0.4 is 4.74 Å². The first-order valence-corrected chi connectivity index (χ1v) is 9.86. The topological polar surface area (TPSA) is 18.5 Å². The Labute approximate surface area is 154 Å². The van der Waals surface area contributed by atoms with Crippen molar-refractivity contribution in [3.8, 4) is 5.75 Å². The van der Waals surface area contributed by atoms with E-state index in [1.165, 1.54) is 43.2 Å². The molecule has 0 amide bonds. The van der Waals surface area contributed by atoms with Crippen molar-refractivity contribution >= 4 is 0 Å². The molecule has 2 nitrogen and oxygen atoms in total. The predicted molar refractivity (Wildman–Crippen MR) is 106 cm³/mol. The molecule has 1 saturated carbocycles. The maximum absolute atomic E-state index is 6.34. The largest absolute Gasteiger partial charge is 0.464 e. The fourth-order valence-electron chi connectivity index (χ4n) is 3.82. The zero-order valence-electron chi connectivity index (χ0n) is 16.8. The molecule has 1 fully saturated rings. The normalized spacial score (nSPS) is 19.4. The van der Waals surface area contributed by atoms with Crippen LogP contribution in [0.5, 0.6) is 5.75 Å². The van der Waals surface area contributed by atoms with Crippen LogP contribution in [0.1, 0.15) is 84.6 Å². The van der Waals surface area contributed by atoms with E-state index in [1.807, 2.05) is 0 Å². The maximum Gasteiger partial charge on any atom is 0.205 e. The van der Waals surface area contributed by atoms with E-state index in [0.717, 1.165) is 12.2 Å². The molecule has 1 aromatic carbocycles. The van der Waals surface area contributed by atoms with Crippen LogP contribution in [0.3, 0.4) is 0 Å². The Bertz CT molecular complexity index is 538. The van der Waals surface area contributed by atoms with Crippen LogP contribution in [0.15, 0.2) is 36.4 Å². The van der Waals surface area contributed by atoms with Gasteiger partial charge >= 0.3 is 0 Å². The van der Waals surface area contributed by atoms with Crippen LogP contribution in [0.25, 0.3) is 0 Å². The molecule has 1 aliphatic rings. The molecule has 0 aliphatic heterocycles. The van der Waals surface area contributed by atoms with Gasteiger partial charge in [-0.1, -0.05) is 50.8 Å². The molecule has 0 aromatic heterocycles. The summed E-state index contributed by atoms with van der Waals surface area (Å²) in [6.07, 6.45) is 7.25. The summed E-state index contributed by atoms with van der Waals surface area (Å²) in [7, 11) is 0. The molecule has 0 saturated heterocycles. The van der Waals surface area contributed by atoms with Gasteiger partial charge in [0.2, 0.25) is 6.29 Å². The van der Waals surface area contributed by atoms with Crippen molar-refractivity contribution in [2.45, 2.75) is 91.5 Å². The van der Waals surface area contributed by atoms with Crippen LogP contribution in [-0.4, -0.2) is 12.4 Å². The molecule has 2 heteroatoms. The number of allylic oxidation sites excluding steroid dienone is 1. The van der Waals surface area contributed by atoms with E-state index < -0.39 is 0 Å². The van der Waals surface area contributed by atoms with Gasteiger partial charge in [-0.25, -0.2) is 0 Å². The van der Waals surface area contributed by atoms with Crippen molar-refractivity contribution in [1.82, 2.24) is 0 Å². The molecule has 140 valence electrons. The fourth-order valence-corrected chi connectivity index (χ4v) is 3.82. The minimum atomic E-state index is -0.175. The molecule has 1 aliphatic carbocycles. The summed E-state index contributed by atoms with van der Waals surface area (Å²) in [6, 6.07) is 8.54. The van der Waals surface area contributed by atoms with Gasteiger partial charge in [-0.05, 0) is 63.6 Å². The minimum Gasteiger partial charge on any atom is -0.464 e. The van der Waals surface area contributed by atoms with Gasteiger partial charge in [0.15, 0.2) is 0 Å². The maximum atomic E-state index is 6.34. The summed E-state index contributed by atoms with van der Waals surface area (Å²) in [5.41, 5.74) is 2.66. The monoisotopic (exact) mass is 344 g/mol. The first-order chi connectivity index (χ1) is 11.8. The quantitative estimate of drug-likeness (QED) is 0.379. The SMILES string of the molecule is C=C(C)CC(C)c1ccc(OC(OC(C)C)C2(C)CCCCC2)cc1. The second kappa shape index (κ2) is 8.89. The molecule has 0 bridgehead atoms. The molecule has 2 unspecified atom stereocenters. The van der Waals surface area contributed by atoms with Gasteiger partial charge < -0.3 is 9.47 Å². The van der Waals surface area contributed by atoms with Crippen molar-refractivity contribution in [2.24, 2.45) is 5.41 Å². The lowest BCUT2D eigenvalue weighted by molar-refractivity contribution is -0.182. The lowest BCUT2D eigenvalue weighted by atomic mass is 9.75. The summed E-state index contributed by atoms with van der Waals surface area (Å²) in [4.78, 5) is 0. The molecule has 2 rings (SSSR count). The highest BCUT2D eigenvalue weighted by molar-refractivity contribution is 5.30. The molecule has 0 spiro atoms. The first-order valence-electron chi connectivity index (χ1n) is 9.86. The van der Waals surface area contributed by atoms with E-state index in [0.29, 0.717) is 5.92 Å². The molecule has 0 radical (unpaired) electrons. The first kappa shape index (κ1) is 20.0. The molecule has 25 heavy (non-hydrogen) atoms. The lowest BCUT2D eigenvalue weighted by Crippen LogP contribution is -2.42. The fraction of sp³-hybridized carbons (Fsp3) is 0.652. The zero-order chi connectivity index (χ0) is 18.4. The summed E-state index contributed by atoms with van der Waals surface area (Å²) >= 11 is 0. The third-order valence-electron chi connectivity index (χ3n) is 5.31. The Balaban J connectivity index is 2.09. The minimum absolute atomic E-state index is 0.106. The smallest absolute Gasteiger partial charge is 0.205 e. The van der Waals surface area contributed by atoms with E-state index in [9.17, 15) is 0 Å². The highest BCUT2D eigenvalue weighted by Gasteiger charge is 2.38. The van der Waals surface area contributed by atoms with Gasteiger partial charge in [0.25, 0.3) is 0 Å². The number of hydrogen-bond acceptors (Lipinski definition) is 2. The molecular formula is C23H36O2.